The predicted octanol–water partition coefficient (Wildman–Crippen LogP) is 2.95. The largest absolute Gasteiger partial charge is 0.479 e. The quantitative estimate of drug-likeness (QED) is 0.363. The standard InChI is InChI=1S/C22H24ClF3N8O5S/c1-9(16(37-2)17-27-6-10(23)7-28-17)40(35,36)33-21-32-31-18(13-11-5-12(13)14(11)22(24,25)26)34(21)15-19(38-3)29-8-30-20(15)39-4/h6-9,11-14,16H,5H2,1-4H3,(H,32,33). The molecule has 6 rings (SSSR count). The molecule has 2 bridgehead atoms. The fourth-order valence-electron chi connectivity index (χ4n) is 5.31. The molecule has 3 saturated carbocycles. The third-order valence-corrected chi connectivity index (χ3v) is 9.31. The maximum atomic E-state index is 13.6. The van der Waals surface area contributed by atoms with Gasteiger partial charge in [-0.3, -0.25) is 9.29 Å². The molecule has 0 aliphatic heterocycles. The van der Waals surface area contributed by atoms with Crippen LogP contribution in [-0.4, -0.2) is 75.9 Å². The third-order valence-electron chi connectivity index (χ3n) is 7.42. The van der Waals surface area contributed by atoms with Crippen molar-refractivity contribution in [2.45, 2.75) is 36.8 Å². The molecule has 13 nitrogen and oxygen atoms in total. The summed E-state index contributed by atoms with van der Waals surface area (Å²) in [6.45, 7) is 1.37. The van der Waals surface area contributed by atoms with Crippen molar-refractivity contribution in [3.8, 4) is 17.4 Å². The number of hydrogen-bond acceptors (Lipinski definition) is 11. The summed E-state index contributed by atoms with van der Waals surface area (Å²) in [4.78, 5) is 16.2. The highest BCUT2D eigenvalue weighted by Gasteiger charge is 2.71. The van der Waals surface area contributed by atoms with E-state index in [1.165, 1.54) is 45.2 Å². The fourth-order valence-corrected chi connectivity index (χ4v) is 6.54. The Morgan fingerprint density at radius 1 is 1.05 bits per heavy atom. The van der Waals surface area contributed by atoms with E-state index >= 15 is 0 Å². The lowest BCUT2D eigenvalue weighted by Crippen LogP contribution is -2.63. The van der Waals surface area contributed by atoms with Crippen molar-refractivity contribution >= 4 is 27.6 Å². The van der Waals surface area contributed by atoms with Crippen LogP contribution in [0.3, 0.4) is 0 Å². The van der Waals surface area contributed by atoms with Crippen molar-refractivity contribution in [3.05, 3.63) is 35.4 Å². The van der Waals surface area contributed by atoms with Gasteiger partial charge < -0.3 is 14.2 Å². The van der Waals surface area contributed by atoms with Gasteiger partial charge in [0, 0.05) is 25.4 Å². The molecule has 0 amide bonds. The smallest absolute Gasteiger partial charge is 0.392 e. The van der Waals surface area contributed by atoms with Crippen LogP contribution in [0.15, 0.2) is 18.7 Å². The first kappa shape index (κ1) is 28.2. The number of rotatable bonds is 10. The molecule has 3 aliphatic carbocycles. The van der Waals surface area contributed by atoms with E-state index in [1.54, 1.807) is 0 Å². The molecule has 3 aromatic heterocycles. The van der Waals surface area contributed by atoms with Gasteiger partial charge in [-0.25, -0.2) is 18.4 Å². The summed E-state index contributed by atoms with van der Waals surface area (Å²) in [5.74, 6) is -3.76. The summed E-state index contributed by atoms with van der Waals surface area (Å²) in [5, 5.41) is 7.12. The molecule has 3 fully saturated rings. The lowest BCUT2D eigenvalue weighted by molar-refractivity contribution is -0.296. The number of nitrogens with one attached hydrogen (secondary N) is 1. The van der Waals surface area contributed by atoms with Gasteiger partial charge in [0.25, 0.3) is 0 Å². The van der Waals surface area contributed by atoms with Crippen molar-refractivity contribution in [2.75, 3.05) is 26.1 Å². The zero-order chi connectivity index (χ0) is 29.0. The molecule has 1 N–H and O–H groups in total. The van der Waals surface area contributed by atoms with Crippen molar-refractivity contribution in [3.63, 3.8) is 0 Å². The van der Waals surface area contributed by atoms with Crippen molar-refractivity contribution in [1.82, 2.24) is 34.7 Å². The van der Waals surface area contributed by atoms with Crippen LogP contribution in [0.4, 0.5) is 19.1 Å². The Balaban J connectivity index is 1.56. The first-order valence-electron chi connectivity index (χ1n) is 11.9. The molecule has 4 unspecified atom stereocenters. The first-order valence-corrected chi connectivity index (χ1v) is 13.8. The zero-order valence-electron chi connectivity index (χ0n) is 21.5. The second-order valence-electron chi connectivity index (χ2n) is 9.38. The normalized spacial score (nSPS) is 23.5. The van der Waals surface area contributed by atoms with Gasteiger partial charge in [0.2, 0.25) is 27.7 Å². The van der Waals surface area contributed by atoms with E-state index in [-0.39, 0.29) is 40.1 Å². The van der Waals surface area contributed by atoms with E-state index < -0.39 is 51.2 Å². The lowest BCUT2D eigenvalue weighted by atomic mass is 9.40. The van der Waals surface area contributed by atoms with E-state index in [1.807, 2.05) is 0 Å². The average molecular weight is 605 g/mol. The monoisotopic (exact) mass is 604 g/mol. The number of anilines is 1. The Labute approximate surface area is 231 Å². The average Bonchev–Trinajstić information content (AvgIpc) is 3.22. The molecular weight excluding hydrogens is 581 g/mol. The number of nitrogens with zero attached hydrogens (tertiary/aromatic N) is 7. The van der Waals surface area contributed by atoms with E-state index in [0.29, 0.717) is 6.42 Å². The Morgan fingerprint density at radius 2 is 1.65 bits per heavy atom. The van der Waals surface area contributed by atoms with Gasteiger partial charge >= 0.3 is 6.18 Å². The molecule has 18 heteroatoms. The van der Waals surface area contributed by atoms with Gasteiger partial charge in [0.15, 0.2) is 11.5 Å². The number of sulfonamides is 1. The molecule has 216 valence electrons. The van der Waals surface area contributed by atoms with Crippen LogP contribution in [0.25, 0.3) is 5.69 Å². The maximum absolute atomic E-state index is 13.6. The molecular formula is C22H24ClF3N8O5S. The van der Waals surface area contributed by atoms with Crippen LogP contribution >= 0.6 is 11.6 Å². The van der Waals surface area contributed by atoms with Crippen LogP contribution < -0.4 is 14.2 Å². The van der Waals surface area contributed by atoms with Crippen LogP contribution in [0.1, 0.15) is 37.0 Å². The minimum atomic E-state index is -4.35. The Kier molecular flexibility index (Phi) is 7.24. The summed E-state index contributed by atoms with van der Waals surface area (Å²) in [5.41, 5.74) is 0.0250. The maximum Gasteiger partial charge on any atom is 0.392 e. The second kappa shape index (κ2) is 10.3. The fraction of sp³-hybridized carbons (Fsp3) is 0.545. The van der Waals surface area contributed by atoms with Crippen molar-refractivity contribution in [1.29, 1.82) is 0 Å². The number of aromatic nitrogens is 7. The van der Waals surface area contributed by atoms with E-state index in [4.69, 9.17) is 25.8 Å². The Bertz CT molecular complexity index is 1470. The Morgan fingerprint density at radius 3 is 2.15 bits per heavy atom. The lowest BCUT2D eigenvalue weighted by Gasteiger charge is -2.64. The molecule has 40 heavy (non-hydrogen) atoms. The van der Waals surface area contributed by atoms with Gasteiger partial charge in [-0.1, -0.05) is 11.6 Å². The number of alkyl halides is 3. The summed E-state index contributed by atoms with van der Waals surface area (Å²) in [7, 11) is -0.373. The summed E-state index contributed by atoms with van der Waals surface area (Å²) < 4.78 is 87.3. The SMILES string of the molecule is COc1ncnc(OC)c1-n1c(NS(=O)(=O)C(C)C(OC)c2ncc(Cl)cn2)nnc1C1C2CC1C2C(F)(F)F. The summed E-state index contributed by atoms with van der Waals surface area (Å²) >= 11 is 5.85. The first-order chi connectivity index (χ1) is 18.9. The minimum Gasteiger partial charge on any atom is -0.479 e. The number of hydrogen-bond donors (Lipinski definition) is 1. The topological polar surface area (TPSA) is 156 Å². The van der Waals surface area contributed by atoms with Crippen molar-refractivity contribution in [2.24, 2.45) is 17.8 Å². The molecule has 0 spiro atoms. The van der Waals surface area contributed by atoms with Gasteiger partial charge in [0.1, 0.15) is 23.5 Å². The summed E-state index contributed by atoms with van der Waals surface area (Å²) in [6, 6.07) is 0. The second-order valence-corrected chi connectivity index (χ2v) is 11.9. The molecule has 4 atom stereocenters. The number of methoxy groups -OCH3 is 3. The third kappa shape index (κ3) is 4.58. The molecule has 0 aromatic carbocycles. The van der Waals surface area contributed by atoms with Gasteiger partial charge in [0.05, 0.1) is 25.2 Å². The molecule has 0 radical (unpaired) electrons. The zero-order valence-corrected chi connectivity index (χ0v) is 23.1. The minimum absolute atomic E-state index is 0.0250. The highest BCUT2D eigenvalue weighted by Crippen LogP contribution is 2.71. The summed E-state index contributed by atoms with van der Waals surface area (Å²) in [6.07, 6.45) is -1.32. The van der Waals surface area contributed by atoms with E-state index in [0.717, 1.165) is 6.33 Å². The Hall–Kier alpha value is -3.31. The molecule has 0 saturated heterocycles. The van der Waals surface area contributed by atoms with Crippen LogP contribution in [0, 0.1) is 17.8 Å². The predicted molar refractivity (Wildman–Crippen MR) is 133 cm³/mol. The highest BCUT2D eigenvalue weighted by molar-refractivity contribution is 7.93. The van der Waals surface area contributed by atoms with Crippen LogP contribution in [0.5, 0.6) is 11.8 Å². The van der Waals surface area contributed by atoms with Gasteiger partial charge in [-0.05, 0) is 25.2 Å². The highest BCUT2D eigenvalue weighted by atomic mass is 35.5. The number of halogens is 4. The molecule has 3 aromatic rings. The number of ether oxygens (including phenoxy) is 3. The van der Waals surface area contributed by atoms with E-state index in [9.17, 15) is 21.6 Å². The van der Waals surface area contributed by atoms with Gasteiger partial charge in [-0.2, -0.15) is 23.1 Å². The van der Waals surface area contributed by atoms with E-state index in [2.05, 4.69) is 34.9 Å². The van der Waals surface area contributed by atoms with Crippen molar-refractivity contribution < 1.29 is 35.8 Å². The van der Waals surface area contributed by atoms with Gasteiger partial charge in [-0.15, -0.1) is 10.2 Å². The molecule has 3 aliphatic rings. The molecule has 3 heterocycles. The van der Waals surface area contributed by atoms with Crippen LogP contribution in [0.2, 0.25) is 5.02 Å². The van der Waals surface area contributed by atoms with Crippen LogP contribution in [-0.2, 0) is 14.8 Å².